The number of nitrogens with one attached hydrogen (secondary N) is 1. The quantitative estimate of drug-likeness (QED) is 0.801. The van der Waals surface area contributed by atoms with E-state index in [4.69, 9.17) is 4.74 Å². The molecule has 0 radical (unpaired) electrons. The van der Waals surface area contributed by atoms with Gasteiger partial charge in [0.15, 0.2) is 0 Å². The summed E-state index contributed by atoms with van der Waals surface area (Å²) >= 11 is 1.61. The number of benzene rings is 1. The molecule has 1 saturated heterocycles. The van der Waals surface area contributed by atoms with Crippen molar-refractivity contribution in [2.75, 3.05) is 32.8 Å². The number of amides is 1. The highest BCUT2D eigenvalue weighted by molar-refractivity contribution is 7.19. The summed E-state index contributed by atoms with van der Waals surface area (Å²) in [6.45, 7) is 4.26. The molecule has 0 atom stereocenters. The number of hydrogen-bond donors (Lipinski definition) is 1. The Bertz CT molecular complexity index is 772. The van der Waals surface area contributed by atoms with Gasteiger partial charge in [-0.3, -0.25) is 9.69 Å². The van der Waals surface area contributed by atoms with Crippen molar-refractivity contribution in [1.82, 2.24) is 15.2 Å². The predicted octanol–water partition coefficient (Wildman–Crippen LogP) is 3.46. The van der Waals surface area contributed by atoms with Crippen LogP contribution in [0.2, 0.25) is 0 Å². The van der Waals surface area contributed by atoms with Crippen LogP contribution >= 0.6 is 11.3 Å². The molecule has 0 spiro atoms. The third-order valence-electron chi connectivity index (χ3n) is 5.75. The van der Waals surface area contributed by atoms with E-state index in [1.165, 1.54) is 19.3 Å². The zero-order valence-electron chi connectivity index (χ0n) is 15.7. The van der Waals surface area contributed by atoms with Gasteiger partial charge in [0, 0.05) is 31.2 Å². The number of carbonyl (C=O) groups excluding carboxylic acids is 1. The maximum absolute atomic E-state index is 12.4. The number of ether oxygens (including phenoxy) is 1. The number of aromatic nitrogens is 1. The molecule has 2 fully saturated rings. The molecule has 6 heteroatoms. The second kappa shape index (κ2) is 8.50. The van der Waals surface area contributed by atoms with Crippen molar-refractivity contribution < 1.29 is 9.53 Å². The van der Waals surface area contributed by atoms with Crippen LogP contribution in [0.5, 0.6) is 0 Å². The monoisotopic (exact) mass is 385 g/mol. The third-order valence-corrected chi connectivity index (χ3v) is 6.75. The van der Waals surface area contributed by atoms with Crippen LogP contribution in [-0.4, -0.2) is 54.2 Å². The Morgan fingerprint density at radius 1 is 1.22 bits per heavy atom. The number of carbonyl (C=O) groups is 1. The van der Waals surface area contributed by atoms with Gasteiger partial charge >= 0.3 is 0 Å². The molecule has 1 N–H and O–H groups in total. The largest absolute Gasteiger partial charge is 0.379 e. The maximum Gasteiger partial charge on any atom is 0.244 e. The minimum absolute atomic E-state index is 0.0348. The van der Waals surface area contributed by atoms with Gasteiger partial charge in [-0.25, -0.2) is 4.98 Å². The lowest BCUT2D eigenvalue weighted by Gasteiger charge is -2.48. The molecule has 1 aliphatic carbocycles. The summed E-state index contributed by atoms with van der Waals surface area (Å²) in [5, 5.41) is 4.03. The van der Waals surface area contributed by atoms with Gasteiger partial charge in [-0.1, -0.05) is 31.4 Å². The Hall–Kier alpha value is -1.76. The standard InChI is InChI=1S/C21H27N3O2S/c25-19(8-9-20-23-17-6-2-3-7-18(17)27-20)22-16-21(10-4-1-5-11-21)24-12-14-26-15-13-24/h2-3,6-9H,1,4-5,10-16H2,(H,22,25)/b9-8+. The highest BCUT2D eigenvalue weighted by Crippen LogP contribution is 2.33. The van der Waals surface area contributed by atoms with Gasteiger partial charge in [0.2, 0.25) is 5.91 Å². The van der Waals surface area contributed by atoms with E-state index in [0.717, 1.165) is 60.9 Å². The average molecular weight is 386 g/mol. The van der Waals surface area contributed by atoms with E-state index in [9.17, 15) is 4.79 Å². The van der Waals surface area contributed by atoms with Gasteiger partial charge in [0.05, 0.1) is 23.4 Å². The van der Waals surface area contributed by atoms with Crippen molar-refractivity contribution in [3.63, 3.8) is 0 Å². The molecule has 2 aromatic rings. The van der Waals surface area contributed by atoms with Gasteiger partial charge in [-0.05, 0) is 31.1 Å². The van der Waals surface area contributed by atoms with Crippen molar-refractivity contribution >= 4 is 33.5 Å². The molecular weight excluding hydrogens is 358 g/mol. The second-order valence-corrected chi connectivity index (χ2v) is 8.52. The van der Waals surface area contributed by atoms with Crippen LogP contribution in [0.3, 0.4) is 0 Å². The number of nitrogens with zero attached hydrogens (tertiary/aromatic N) is 2. The van der Waals surface area contributed by atoms with Crippen LogP contribution < -0.4 is 5.32 Å². The number of thiazole rings is 1. The van der Waals surface area contributed by atoms with E-state index in [1.807, 2.05) is 24.3 Å². The van der Waals surface area contributed by atoms with Gasteiger partial charge < -0.3 is 10.1 Å². The lowest BCUT2D eigenvalue weighted by atomic mass is 9.79. The van der Waals surface area contributed by atoms with Crippen molar-refractivity contribution in [2.45, 2.75) is 37.6 Å². The fraction of sp³-hybridized carbons (Fsp3) is 0.524. The summed E-state index contributed by atoms with van der Waals surface area (Å²) in [4.78, 5) is 19.5. The van der Waals surface area contributed by atoms with Crippen molar-refractivity contribution in [3.8, 4) is 0 Å². The summed E-state index contributed by atoms with van der Waals surface area (Å²) in [6.07, 6.45) is 9.56. The first-order valence-electron chi connectivity index (χ1n) is 9.90. The van der Waals surface area contributed by atoms with Gasteiger partial charge in [-0.2, -0.15) is 0 Å². The molecule has 1 aromatic carbocycles. The number of hydrogen-bond acceptors (Lipinski definition) is 5. The van der Waals surface area contributed by atoms with Crippen LogP contribution in [0, 0.1) is 0 Å². The Balaban J connectivity index is 1.38. The van der Waals surface area contributed by atoms with E-state index >= 15 is 0 Å². The fourth-order valence-corrected chi connectivity index (χ4v) is 5.14. The summed E-state index contributed by atoms with van der Waals surface area (Å²) in [6, 6.07) is 8.05. The molecule has 27 heavy (non-hydrogen) atoms. The maximum atomic E-state index is 12.4. The van der Waals surface area contributed by atoms with Crippen molar-refractivity contribution in [2.24, 2.45) is 0 Å². The highest BCUT2D eigenvalue weighted by Gasteiger charge is 2.38. The zero-order valence-corrected chi connectivity index (χ0v) is 16.5. The predicted molar refractivity (Wildman–Crippen MR) is 110 cm³/mol. The van der Waals surface area contributed by atoms with E-state index in [1.54, 1.807) is 17.4 Å². The molecule has 0 bridgehead atoms. The molecule has 4 rings (SSSR count). The lowest BCUT2D eigenvalue weighted by Crippen LogP contribution is -2.59. The van der Waals surface area contributed by atoms with E-state index in [0.29, 0.717) is 0 Å². The smallest absolute Gasteiger partial charge is 0.244 e. The summed E-state index contributed by atoms with van der Waals surface area (Å²) < 4.78 is 6.67. The first kappa shape index (κ1) is 18.6. The molecule has 1 aliphatic heterocycles. The van der Waals surface area contributed by atoms with Crippen LogP contribution in [0.15, 0.2) is 30.3 Å². The Morgan fingerprint density at radius 3 is 2.78 bits per heavy atom. The molecule has 1 amide bonds. The Kier molecular flexibility index (Phi) is 5.86. The molecule has 144 valence electrons. The summed E-state index contributed by atoms with van der Waals surface area (Å²) in [5.41, 5.74) is 1.08. The molecule has 1 saturated carbocycles. The fourth-order valence-electron chi connectivity index (χ4n) is 4.27. The Morgan fingerprint density at radius 2 is 2.00 bits per heavy atom. The summed E-state index contributed by atoms with van der Waals surface area (Å²) in [5.74, 6) is -0.0348. The SMILES string of the molecule is O=C(/C=C/c1nc2ccccc2s1)NCC1(N2CCOCC2)CCCCC1. The molecule has 5 nitrogen and oxygen atoms in total. The minimum atomic E-state index is -0.0348. The molecular formula is C21H27N3O2S. The van der Waals surface area contributed by atoms with Crippen molar-refractivity contribution in [1.29, 1.82) is 0 Å². The number of fused-ring (bicyclic) bond motifs is 1. The van der Waals surface area contributed by atoms with Gasteiger partial charge in [-0.15, -0.1) is 11.3 Å². The van der Waals surface area contributed by atoms with Crippen LogP contribution in [0.25, 0.3) is 16.3 Å². The average Bonchev–Trinajstić information content (AvgIpc) is 3.15. The highest BCUT2D eigenvalue weighted by atomic mass is 32.1. The lowest BCUT2D eigenvalue weighted by molar-refractivity contribution is -0.117. The van der Waals surface area contributed by atoms with E-state index in [-0.39, 0.29) is 11.4 Å². The molecule has 2 aliphatic rings. The second-order valence-electron chi connectivity index (χ2n) is 7.46. The van der Waals surface area contributed by atoms with E-state index in [2.05, 4.69) is 21.3 Å². The topological polar surface area (TPSA) is 54.5 Å². The summed E-state index contributed by atoms with van der Waals surface area (Å²) in [7, 11) is 0. The first-order chi connectivity index (χ1) is 13.3. The number of morpholine rings is 1. The van der Waals surface area contributed by atoms with E-state index < -0.39 is 0 Å². The van der Waals surface area contributed by atoms with Gasteiger partial charge in [0.25, 0.3) is 0 Å². The van der Waals surface area contributed by atoms with Gasteiger partial charge in [0.1, 0.15) is 5.01 Å². The number of para-hydroxylation sites is 1. The number of rotatable bonds is 5. The molecule has 2 heterocycles. The van der Waals surface area contributed by atoms with Crippen LogP contribution in [0.4, 0.5) is 0 Å². The zero-order chi connectivity index (χ0) is 18.5. The molecule has 1 aromatic heterocycles. The Labute approximate surface area is 164 Å². The normalized spacial score (nSPS) is 20.9. The minimum Gasteiger partial charge on any atom is -0.379 e. The van der Waals surface area contributed by atoms with Crippen LogP contribution in [0.1, 0.15) is 37.1 Å². The van der Waals surface area contributed by atoms with Crippen molar-refractivity contribution in [3.05, 3.63) is 35.3 Å². The first-order valence-corrected chi connectivity index (χ1v) is 10.7. The molecule has 0 unspecified atom stereocenters. The third kappa shape index (κ3) is 4.39. The van der Waals surface area contributed by atoms with Crippen LogP contribution in [-0.2, 0) is 9.53 Å².